The van der Waals surface area contributed by atoms with E-state index in [1.54, 1.807) is 13.0 Å². The minimum Gasteiger partial charge on any atom is -0.322 e. The lowest BCUT2D eigenvalue weighted by Gasteiger charge is -2.23. The first kappa shape index (κ1) is 21.1. The van der Waals surface area contributed by atoms with Gasteiger partial charge in [0.2, 0.25) is 10.0 Å². The van der Waals surface area contributed by atoms with E-state index in [0.717, 1.165) is 21.1 Å². The van der Waals surface area contributed by atoms with E-state index in [0.29, 0.717) is 11.1 Å². The molecule has 0 aliphatic heterocycles. The van der Waals surface area contributed by atoms with Gasteiger partial charge in [0.1, 0.15) is 0 Å². The molecular formula is C21H28N2O3S. The number of amides is 1. The van der Waals surface area contributed by atoms with Gasteiger partial charge in [0.25, 0.3) is 5.91 Å². The molecule has 1 amide bonds. The van der Waals surface area contributed by atoms with Gasteiger partial charge in [-0.25, -0.2) is 12.7 Å². The number of carbonyl (C=O) groups excluding carboxylic acids is 1. The second kappa shape index (κ2) is 7.44. The van der Waals surface area contributed by atoms with Crippen molar-refractivity contribution >= 4 is 21.6 Å². The van der Waals surface area contributed by atoms with E-state index in [9.17, 15) is 13.2 Å². The van der Waals surface area contributed by atoms with Crippen LogP contribution in [0.25, 0.3) is 0 Å². The Balaban J connectivity index is 2.49. The lowest BCUT2D eigenvalue weighted by atomic mass is 9.86. The number of hydrogen-bond donors (Lipinski definition) is 1. The van der Waals surface area contributed by atoms with E-state index < -0.39 is 10.0 Å². The molecule has 0 aliphatic carbocycles. The van der Waals surface area contributed by atoms with Gasteiger partial charge in [-0.2, -0.15) is 0 Å². The van der Waals surface area contributed by atoms with Gasteiger partial charge in [-0.05, 0) is 54.2 Å². The van der Waals surface area contributed by atoms with Crippen LogP contribution in [0, 0.1) is 13.8 Å². The molecule has 0 unspecified atom stereocenters. The molecule has 1 N–H and O–H groups in total. The molecule has 0 aliphatic rings. The molecule has 0 saturated carbocycles. The Hall–Kier alpha value is -2.18. The molecule has 2 rings (SSSR count). The van der Waals surface area contributed by atoms with E-state index in [1.807, 2.05) is 31.2 Å². The summed E-state index contributed by atoms with van der Waals surface area (Å²) in [5.41, 5.74) is 3.34. The molecule has 0 radical (unpaired) electrons. The van der Waals surface area contributed by atoms with Gasteiger partial charge in [0.15, 0.2) is 0 Å². The van der Waals surface area contributed by atoms with Gasteiger partial charge >= 0.3 is 0 Å². The molecule has 0 atom stereocenters. The van der Waals surface area contributed by atoms with Crippen molar-refractivity contribution in [1.82, 2.24) is 4.31 Å². The monoisotopic (exact) mass is 388 g/mol. The summed E-state index contributed by atoms with van der Waals surface area (Å²) < 4.78 is 26.4. The lowest BCUT2D eigenvalue weighted by molar-refractivity contribution is 0.102. The Labute approximate surface area is 162 Å². The second-order valence-electron chi connectivity index (χ2n) is 7.95. The predicted molar refractivity (Wildman–Crippen MR) is 110 cm³/mol. The molecule has 0 bridgehead atoms. The highest BCUT2D eigenvalue weighted by Gasteiger charge is 2.24. The van der Waals surface area contributed by atoms with Crippen molar-refractivity contribution in [1.29, 1.82) is 0 Å². The van der Waals surface area contributed by atoms with Crippen molar-refractivity contribution in [3.8, 4) is 0 Å². The Morgan fingerprint density at radius 3 is 2.19 bits per heavy atom. The molecule has 2 aromatic carbocycles. The van der Waals surface area contributed by atoms with Gasteiger partial charge in [0, 0.05) is 25.3 Å². The van der Waals surface area contributed by atoms with Crippen LogP contribution in [0.1, 0.15) is 47.8 Å². The zero-order chi connectivity index (χ0) is 20.6. The first-order valence-electron chi connectivity index (χ1n) is 8.80. The van der Waals surface area contributed by atoms with Gasteiger partial charge < -0.3 is 5.32 Å². The fourth-order valence-corrected chi connectivity index (χ4v) is 4.08. The maximum Gasteiger partial charge on any atom is 0.255 e. The molecule has 5 nitrogen and oxygen atoms in total. The number of sulfonamides is 1. The summed E-state index contributed by atoms with van der Waals surface area (Å²) in [6.07, 6.45) is 0. The molecule has 27 heavy (non-hydrogen) atoms. The van der Waals surface area contributed by atoms with Crippen LogP contribution in [-0.4, -0.2) is 32.7 Å². The molecule has 146 valence electrons. The quantitative estimate of drug-likeness (QED) is 0.857. The first-order chi connectivity index (χ1) is 12.4. The van der Waals surface area contributed by atoms with Crippen LogP contribution < -0.4 is 5.32 Å². The van der Waals surface area contributed by atoms with Gasteiger partial charge in [0.05, 0.1) is 4.90 Å². The second-order valence-corrected chi connectivity index (χ2v) is 10.1. The first-order valence-corrected chi connectivity index (χ1v) is 10.2. The van der Waals surface area contributed by atoms with E-state index in [2.05, 4.69) is 26.1 Å². The van der Waals surface area contributed by atoms with Crippen molar-refractivity contribution in [2.45, 2.75) is 44.9 Å². The smallest absolute Gasteiger partial charge is 0.255 e. The molecule has 0 spiro atoms. The van der Waals surface area contributed by atoms with Crippen molar-refractivity contribution < 1.29 is 13.2 Å². The Morgan fingerprint density at radius 2 is 1.63 bits per heavy atom. The van der Waals surface area contributed by atoms with Crippen molar-refractivity contribution in [2.24, 2.45) is 0 Å². The Kier molecular flexibility index (Phi) is 5.82. The highest BCUT2D eigenvalue weighted by Crippen LogP contribution is 2.30. The largest absolute Gasteiger partial charge is 0.322 e. The number of para-hydroxylation sites is 1. The number of carbonyl (C=O) groups is 1. The average molecular weight is 389 g/mol. The third kappa shape index (κ3) is 4.39. The predicted octanol–water partition coefficient (Wildman–Crippen LogP) is 4.10. The summed E-state index contributed by atoms with van der Waals surface area (Å²) in [5, 5.41) is 2.94. The molecule has 0 aromatic heterocycles. The average Bonchev–Trinajstić information content (AvgIpc) is 2.56. The zero-order valence-electron chi connectivity index (χ0n) is 17.0. The lowest BCUT2D eigenvalue weighted by Crippen LogP contribution is -2.24. The number of benzene rings is 2. The minimum absolute atomic E-state index is 0.132. The van der Waals surface area contributed by atoms with E-state index in [1.165, 1.54) is 20.2 Å². The summed E-state index contributed by atoms with van der Waals surface area (Å²) in [4.78, 5) is 13.0. The summed E-state index contributed by atoms with van der Waals surface area (Å²) >= 11 is 0. The third-order valence-electron chi connectivity index (χ3n) is 4.62. The maximum absolute atomic E-state index is 12.9. The number of nitrogens with zero attached hydrogens (tertiary/aromatic N) is 1. The van der Waals surface area contributed by atoms with Crippen molar-refractivity contribution in [2.75, 3.05) is 19.4 Å². The highest BCUT2D eigenvalue weighted by molar-refractivity contribution is 7.89. The Bertz CT molecular complexity index is 971. The number of nitrogens with one attached hydrogen (secondary N) is 1. The standard InChI is InChI=1S/C21H28N2O3S/c1-14-12-16(13-19(15(14)2)27(25,26)23(6)7)20(24)22-18-11-9-8-10-17(18)21(3,4)5/h8-13H,1-7H3,(H,22,24). The number of rotatable bonds is 4. The highest BCUT2D eigenvalue weighted by atomic mass is 32.2. The van der Waals surface area contributed by atoms with Crippen LogP contribution in [0.2, 0.25) is 0 Å². The van der Waals surface area contributed by atoms with E-state index in [4.69, 9.17) is 0 Å². The minimum atomic E-state index is -3.64. The SMILES string of the molecule is Cc1cc(C(=O)Nc2ccccc2C(C)(C)C)cc(S(=O)(=O)N(C)C)c1C. The van der Waals surface area contributed by atoms with Crippen molar-refractivity contribution in [3.05, 3.63) is 58.7 Å². The van der Waals surface area contributed by atoms with Crippen LogP contribution in [0.3, 0.4) is 0 Å². The molecular weight excluding hydrogens is 360 g/mol. The molecule has 2 aromatic rings. The zero-order valence-corrected chi connectivity index (χ0v) is 17.9. The molecule has 0 fully saturated rings. The molecule has 0 heterocycles. The van der Waals surface area contributed by atoms with Crippen LogP contribution in [0.4, 0.5) is 5.69 Å². The summed E-state index contributed by atoms with van der Waals surface area (Å²) in [6.45, 7) is 9.80. The molecule has 0 saturated heterocycles. The fraction of sp³-hybridized carbons (Fsp3) is 0.381. The van der Waals surface area contributed by atoms with Crippen LogP contribution >= 0.6 is 0 Å². The normalized spacial score (nSPS) is 12.3. The number of aryl methyl sites for hydroxylation is 1. The summed E-state index contributed by atoms with van der Waals surface area (Å²) in [7, 11) is -0.672. The number of anilines is 1. The third-order valence-corrected chi connectivity index (χ3v) is 6.57. The van der Waals surface area contributed by atoms with Gasteiger partial charge in [-0.1, -0.05) is 39.0 Å². The summed E-state index contributed by atoms with van der Waals surface area (Å²) in [5.74, 6) is -0.329. The van der Waals surface area contributed by atoms with E-state index in [-0.39, 0.29) is 16.2 Å². The van der Waals surface area contributed by atoms with Crippen LogP contribution in [0.5, 0.6) is 0 Å². The van der Waals surface area contributed by atoms with Crippen LogP contribution in [0.15, 0.2) is 41.3 Å². The van der Waals surface area contributed by atoms with E-state index >= 15 is 0 Å². The topological polar surface area (TPSA) is 66.5 Å². The number of hydrogen-bond acceptors (Lipinski definition) is 3. The van der Waals surface area contributed by atoms with Gasteiger partial charge in [-0.3, -0.25) is 4.79 Å². The van der Waals surface area contributed by atoms with Crippen LogP contribution in [-0.2, 0) is 15.4 Å². The maximum atomic E-state index is 12.9. The van der Waals surface area contributed by atoms with Crippen molar-refractivity contribution in [3.63, 3.8) is 0 Å². The molecule has 6 heteroatoms. The summed E-state index contributed by atoms with van der Waals surface area (Å²) in [6, 6.07) is 10.8. The van der Waals surface area contributed by atoms with Gasteiger partial charge in [-0.15, -0.1) is 0 Å². The Morgan fingerprint density at radius 1 is 1.04 bits per heavy atom. The fourth-order valence-electron chi connectivity index (χ4n) is 2.86.